The minimum absolute atomic E-state index is 0.165. The van der Waals surface area contributed by atoms with Crippen LogP contribution in [0.4, 0.5) is 10.2 Å². The van der Waals surface area contributed by atoms with E-state index in [1.54, 1.807) is 6.07 Å². The lowest BCUT2D eigenvalue weighted by Gasteiger charge is -2.26. The van der Waals surface area contributed by atoms with Gasteiger partial charge in [-0.1, -0.05) is 13.8 Å². The van der Waals surface area contributed by atoms with Crippen LogP contribution in [-0.4, -0.2) is 9.55 Å². The first-order valence-electron chi connectivity index (χ1n) is 6.97. The molecule has 2 N–H and O–H groups in total. The molecule has 0 amide bonds. The maximum absolute atomic E-state index is 13.3. The number of aromatic nitrogens is 2. The zero-order chi connectivity index (χ0) is 15.9. The summed E-state index contributed by atoms with van der Waals surface area (Å²) in [6.45, 7) is 10.5. The van der Waals surface area contributed by atoms with E-state index in [9.17, 15) is 4.39 Å². The second kappa shape index (κ2) is 5.44. The summed E-state index contributed by atoms with van der Waals surface area (Å²) in [6, 6.07) is 4.56. The first-order chi connectivity index (χ1) is 9.62. The standard InChI is InChI=1S/C16H21BrFN3/c1-9(2)15-20-13(14(19)21(15)16(3,4)5)11-7-6-10(18)8-12(11)17/h6-9H,19H2,1-5H3. The van der Waals surface area contributed by atoms with Gasteiger partial charge >= 0.3 is 0 Å². The van der Waals surface area contributed by atoms with E-state index in [2.05, 4.69) is 55.1 Å². The van der Waals surface area contributed by atoms with E-state index < -0.39 is 0 Å². The van der Waals surface area contributed by atoms with Crippen molar-refractivity contribution in [3.05, 3.63) is 34.3 Å². The van der Waals surface area contributed by atoms with Gasteiger partial charge < -0.3 is 10.3 Å². The highest BCUT2D eigenvalue weighted by atomic mass is 79.9. The van der Waals surface area contributed by atoms with E-state index in [-0.39, 0.29) is 17.3 Å². The van der Waals surface area contributed by atoms with Gasteiger partial charge in [0, 0.05) is 21.5 Å². The fraction of sp³-hybridized carbons (Fsp3) is 0.438. The van der Waals surface area contributed by atoms with E-state index in [4.69, 9.17) is 10.7 Å². The molecular weight excluding hydrogens is 333 g/mol. The van der Waals surface area contributed by atoms with Gasteiger partial charge in [0.25, 0.3) is 0 Å². The number of halogens is 2. The number of nitrogens with zero attached hydrogens (tertiary/aromatic N) is 2. The Balaban J connectivity index is 2.71. The average Bonchev–Trinajstić information content (AvgIpc) is 2.67. The molecule has 0 aliphatic heterocycles. The molecule has 0 aliphatic rings. The number of rotatable bonds is 2. The molecule has 0 atom stereocenters. The lowest BCUT2D eigenvalue weighted by atomic mass is 10.1. The molecule has 1 heterocycles. The number of imidazole rings is 1. The van der Waals surface area contributed by atoms with Crippen LogP contribution >= 0.6 is 15.9 Å². The summed E-state index contributed by atoms with van der Waals surface area (Å²) in [5.41, 5.74) is 7.69. The summed E-state index contributed by atoms with van der Waals surface area (Å²) in [6.07, 6.45) is 0. The van der Waals surface area contributed by atoms with Crippen molar-refractivity contribution in [2.45, 2.75) is 46.1 Å². The van der Waals surface area contributed by atoms with E-state index in [0.29, 0.717) is 16.0 Å². The number of nitrogen functional groups attached to an aromatic ring is 1. The number of benzene rings is 1. The molecule has 0 unspecified atom stereocenters. The molecule has 21 heavy (non-hydrogen) atoms. The SMILES string of the molecule is CC(C)c1nc(-c2ccc(F)cc2Br)c(N)n1C(C)(C)C. The van der Waals surface area contributed by atoms with Crippen molar-refractivity contribution in [2.24, 2.45) is 0 Å². The zero-order valence-corrected chi connectivity index (χ0v) is 14.6. The Morgan fingerprint density at radius 3 is 2.33 bits per heavy atom. The third-order valence-corrected chi connectivity index (χ3v) is 3.97. The van der Waals surface area contributed by atoms with E-state index >= 15 is 0 Å². The van der Waals surface area contributed by atoms with Gasteiger partial charge in [0.1, 0.15) is 23.2 Å². The molecule has 0 spiro atoms. The van der Waals surface area contributed by atoms with Gasteiger partial charge in [0.15, 0.2) is 0 Å². The van der Waals surface area contributed by atoms with Crippen LogP contribution in [0, 0.1) is 5.82 Å². The van der Waals surface area contributed by atoms with Crippen LogP contribution in [0.5, 0.6) is 0 Å². The molecule has 2 aromatic rings. The quantitative estimate of drug-likeness (QED) is 0.833. The van der Waals surface area contributed by atoms with Gasteiger partial charge in [-0.15, -0.1) is 0 Å². The van der Waals surface area contributed by atoms with Crippen LogP contribution in [-0.2, 0) is 5.54 Å². The van der Waals surface area contributed by atoms with Crippen molar-refractivity contribution >= 4 is 21.7 Å². The molecule has 0 aliphatic carbocycles. The van der Waals surface area contributed by atoms with E-state index in [1.165, 1.54) is 12.1 Å². The Labute approximate surface area is 133 Å². The largest absolute Gasteiger partial charge is 0.383 e. The van der Waals surface area contributed by atoms with Gasteiger partial charge in [-0.3, -0.25) is 0 Å². The van der Waals surface area contributed by atoms with Crippen LogP contribution in [0.3, 0.4) is 0 Å². The maximum Gasteiger partial charge on any atom is 0.132 e. The molecule has 1 aromatic carbocycles. The maximum atomic E-state index is 13.3. The van der Waals surface area contributed by atoms with Crippen molar-refractivity contribution in [3.63, 3.8) is 0 Å². The average molecular weight is 354 g/mol. The molecule has 0 fully saturated rings. The minimum Gasteiger partial charge on any atom is -0.383 e. The molecule has 2 rings (SSSR count). The van der Waals surface area contributed by atoms with Crippen LogP contribution in [0.1, 0.15) is 46.4 Å². The second-order valence-electron chi connectivity index (χ2n) is 6.49. The molecular formula is C16H21BrFN3. The molecule has 0 radical (unpaired) electrons. The van der Waals surface area contributed by atoms with E-state index in [0.717, 1.165) is 11.4 Å². The highest BCUT2D eigenvalue weighted by Gasteiger charge is 2.26. The Bertz CT molecular complexity index is 669. The third kappa shape index (κ3) is 2.98. The minimum atomic E-state index is -0.288. The van der Waals surface area contributed by atoms with E-state index in [1.807, 2.05) is 0 Å². The van der Waals surface area contributed by atoms with Crippen LogP contribution in [0.15, 0.2) is 22.7 Å². The van der Waals surface area contributed by atoms with Crippen LogP contribution in [0.2, 0.25) is 0 Å². The lowest BCUT2D eigenvalue weighted by molar-refractivity contribution is 0.382. The van der Waals surface area contributed by atoms with Gasteiger partial charge in [-0.25, -0.2) is 9.37 Å². The van der Waals surface area contributed by atoms with Crippen molar-refractivity contribution in [3.8, 4) is 11.3 Å². The summed E-state index contributed by atoms with van der Waals surface area (Å²) in [5, 5.41) is 0. The molecule has 0 bridgehead atoms. The van der Waals surface area contributed by atoms with Gasteiger partial charge in [0.05, 0.1) is 0 Å². The van der Waals surface area contributed by atoms with Crippen LogP contribution in [0.25, 0.3) is 11.3 Å². The summed E-state index contributed by atoms with van der Waals surface area (Å²) >= 11 is 3.39. The topological polar surface area (TPSA) is 43.8 Å². The normalized spacial score (nSPS) is 12.2. The van der Waals surface area contributed by atoms with Crippen molar-refractivity contribution in [1.29, 1.82) is 0 Å². The molecule has 1 aromatic heterocycles. The van der Waals surface area contributed by atoms with Gasteiger partial charge in [-0.05, 0) is 54.9 Å². The molecule has 0 saturated heterocycles. The second-order valence-corrected chi connectivity index (χ2v) is 7.34. The fourth-order valence-electron chi connectivity index (χ4n) is 2.42. The summed E-state index contributed by atoms with van der Waals surface area (Å²) in [4.78, 5) is 4.72. The van der Waals surface area contributed by atoms with Crippen molar-refractivity contribution in [1.82, 2.24) is 9.55 Å². The van der Waals surface area contributed by atoms with Crippen LogP contribution < -0.4 is 5.73 Å². The monoisotopic (exact) mass is 353 g/mol. The highest BCUT2D eigenvalue weighted by molar-refractivity contribution is 9.10. The summed E-state index contributed by atoms with van der Waals surface area (Å²) in [5.74, 6) is 1.51. The van der Waals surface area contributed by atoms with Gasteiger partial charge in [-0.2, -0.15) is 0 Å². The predicted octanol–water partition coefficient (Wildman–Crippen LogP) is 4.91. The Hall–Kier alpha value is -1.36. The molecule has 5 heteroatoms. The first kappa shape index (κ1) is 16.0. The smallest absolute Gasteiger partial charge is 0.132 e. The molecule has 0 saturated carbocycles. The van der Waals surface area contributed by atoms with Gasteiger partial charge in [0.2, 0.25) is 0 Å². The highest BCUT2D eigenvalue weighted by Crippen LogP contribution is 2.37. The zero-order valence-electron chi connectivity index (χ0n) is 13.0. The Morgan fingerprint density at radius 1 is 1.29 bits per heavy atom. The predicted molar refractivity (Wildman–Crippen MR) is 88.8 cm³/mol. The first-order valence-corrected chi connectivity index (χ1v) is 7.76. The molecule has 3 nitrogen and oxygen atoms in total. The number of nitrogens with two attached hydrogens (primary N) is 1. The Kier molecular flexibility index (Phi) is 4.15. The molecule has 114 valence electrons. The van der Waals surface area contributed by atoms with Crippen molar-refractivity contribution < 1.29 is 4.39 Å². The summed E-state index contributed by atoms with van der Waals surface area (Å²) < 4.78 is 16.0. The third-order valence-electron chi connectivity index (χ3n) is 3.31. The Morgan fingerprint density at radius 2 is 1.90 bits per heavy atom. The fourth-order valence-corrected chi connectivity index (χ4v) is 2.96. The van der Waals surface area contributed by atoms with Crippen molar-refractivity contribution in [2.75, 3.05) is 5.73 Å². The summed E-state index contributed by atoms with van der Waals surface area (Å²) in [7, 11) is 0. The lowest BCUT2D eigenvalue weighted by Crippen LogP contribution is -2.26. The number of anilines is 1. The number of hydrogen-bond donors (Lipinski definition) is 1. The number of hydrogen-bond acceptors (Lipinski definition) is 2.